The van der Waals surface area contributed by atoms with Crippen LogP contribution in [0.1, 0.15) is 33.1 Å². The van der Waals surface area contributed by atoms with E-state index in [1.807, 2.05) is 0 Å². The summed E-state index contributed by atoms with van der Waals surface area (Å²) in [7, 11) is 0. The smallest absolute Gasteiger partial charge is 0.107 e. The Morgan fingerprint density at radius 3 is 2.85 bits per heavy atom. The van der Waals surface area contributed by atoms with E-state index >= 15 is 0 Å². The molecule has 1 fully saturated rings. The van der Waals surface area contributed by atoms with Gasteiger partial charge in [-0.2, -0.15) is 0 Å². The molecule has 1 rings (SSSR count). The Labute approximate surface area is 80.8 Å². The zero-order chi connectivity index (χ0) is 9.73. The monoisotopic (exact) mass is 187 g/mol. The molecule has 0 aromatic heterocycles. The fraction of sp³-hybridized carbons (Fsp3) is 1.00. The van der Waals surface area contributed by atoms with Crippen LogP contribution in [0.4, 0.5) is 0 Å². The highest BCUT2D eigenvalue weighted by molar-refractivity contribution is 4.61. The first kappa shape index (κ1) is 11.0. The summed E-state index contributed by atoms with van der Waals surface area (Å²) in [6.45, 7) is 6.94. The first-order valence-electron chi connectivity index (χ1n) is 5.39. The molecule has 1 saturated heterocycles. The van der Waals surface area contributed by atoms with Gasteiger partial charge in [-0.1, -0.05) is 20.3 Å². The number of hydrogen-bond acceptors (Lipinski definition) is 2. The standard InChI is InChI=1S/C10H21NO2/c1-3-5-6-11(12)7-8-13-10(4-2)9-11/h10H,3-9H2,1-2H3. The second-order valence-electron chi connectivity index (χ2n) is 3.94. The molecule has 0 N–H and O–H groups in total. The Balaban J connectivity index is 2.37. The summed E-state index contributed by atoms with van der Waals surface area (Å²) in [6, 6.07) is 0. The predicted molar refractivity (Wildman–Crippen MR) is 53.2 cm³/mol. The highest BCUT2D eigenvalue weighted by Crippen LogP contribution is 2.16. The van der Waals surface area contributed by atoms with Crippen molar-refractivity contribution in [2.24, 2.45) is 0 Å². The largest absolute Gasteiger partial charge is 0.633 e. The van der Waals surface area contributed by atoms with Crippen molar-refractivity contribution in [2.45, 2.75) is 39.2 Å². The van der Waals surface area contributed by atoms with Crippen LogP contribution in [-0.2, 0) is 4.74 Å². The fourth-order valence-corrected chi connectivity index (χ4v) is 1.80. The van der Waals surface area contributed by atoms with E-state index in [4.69, 9.17) is 4.74 Å². The van der Waals surface area contributed by atoms with Gasteiger partial charge in [0.25, 0.3) is 0 Å². The molecular weight excluding hydrogens is 166 g/mol. The van der Waals surface area contributed by atoms with Gasteiger partial charge in [-0.05, 0) is 12.8 Å². The van der Waals surface area contributed by atoms with Gasteiger partial charge in [0.15, 0.2) is 0 Å². The molecule has 0 aromatic rings. The summed E-state index contributed by atoms with van der Waals surface area (Å²) >= 11 is 0. The van der Waals surface area contributed by atoms with E-state index in [9.17, 15) is 5.21 Å². The van der Waals surface area contributed by atoms with E-state index in [0.717, 1.165) is 25.8 Å². The van der Waals surface area contributed by atoms with E-state index in [2.05, 4.69) is 13.8 Å². The summed E-state index contributed by atoms with van der Waals surface area (Å²) in [5.41, 5.74) is 0. The average molecular weight is 187 g/mol. The minimum Gasteiger partial charge on any atom is -0.633 e. The van der Waals surface area contributed by atoms with Crippen LogP contribution < -0.4 is 0 Å². The average Bonchev–Trinajstić information content (AvgIpc) is 2.15. The molecule has 0 bridgehead atoms. The molecular formula is C10H21NO2. The van der Waals surface area contributed by atoms with E-state index in [1.54, 1.807) is 0 Å². The van der Waals surface area contributed by atoms with Gasteiger partial charge in [-0.3, -0.25) is 0 Å². The summed E-state index contributed by atoms with van der Waals surface area (Å²) in [4.78, 5) is 0. The third-order valence-corrected chi connectivity index (χ3v) is 2.76. The minimum absolute atomic E-state index is 0.0215. The van der Waals surface area contributed by atoms with Crippen molar-refractivity contribution >= 4 is 0 Å². The topological polar surface area (TPSA) is 32.3 Å². The number of rotatable bonds is 4. The van der Waals surface area contributed by atoms with Crippen LogP contribution in [0.15, 0.2) is 0 Å². The molecule has 0 saturated carbocycles. The Morgan fingerprint density at radius 2 is 2.23 bits per heavy atom. The zero-order valence-corrected chi connectivity index (χ0v) is 8.79. The Bertz CT molecular complexity index is 152. The number of morpholine rings is 1. The number of hydrogen-bond donors (Lipinski definition) is 0. The predicted octanol–water partition coefficient (Wildman–Crippen LogP) is 1.91. The maximum atomic E-state index is 12.1. The summed E-state index contributed by atoms with van der Waals surface area (Å²) in [5.74, 6) is 0. The van der Waals surface area contributed by atoms with Crippen molar-refractivity contribution < 1.29 is 9.38 Å². The van der Waals surface area contributed by atoms with Crippen LogP contribution in [0, 0.1) is 5.21 Å². The van der Waals surface area contributed by atoms with Crippen LogP contribution in [0.5, 0.6) is 0 Å². The third kappa shape index (κ3) is 3.25. The lowest BCUT2D eigenvalue weighted by molar-refractivity contribution is -0.892. The van der Waals surface area contributed by atoms with Gasteiger partial charge in [0, 0.05) is 0 Å². The number of hydroxylamine groups is 3. The molecule has 0 aromatic carbocycles. The molecule has 78 valence electrons. The number of quaternary nitrogens is 1. The van der Waals surface area contributed by atoms with Crippen LogP contribution in [0.2, 0.25) is 0 Å². The lowest BCUT2D eigenvalue weighted by Crippen LogP contribution is -2.54. The van der Waals surface area contributed by atoms with Crippen LogP contribution in [0.25, 0.3) is 0 Å². The first-order chi connectivity index (χ1) is 6.20. The second-order valence-corrected chi connectivity index (χ2v) is 3.94. The molecule has 3 heteroatoms. The van der Waals surface area contributed by atoms with E-state index in [-0.39, 0.29) is 10.8 Å². The van der Waals surface area contributed by atoms with E-state index < -0.39 is 0 Å². The van der Waals surface area contributed by atoms with Gasteiger partial charge in [0.05, 0.1) is 13.2 Å². The molecule has 2 atom stereocenters. The van der Waals surface area contributed by atoms with Gasteiger partial charge >= 0.3 is 0 Å². The molecule has 0 spiro atoms. The number of nitrogens with zero attached hydrogens (tertiary/aromatic N) is 1. The summed E-state index contributed by atoms with van der Waals surface area (Å²) in [5, 5.41) is 12.1. The summed E-state index contributed by atoms with van der Waals surface area (Å²) < 4.78 is 5.47. The molecule has 1 heterocycles. The van der Waals surface area contributed by atoms with Crippen molar-refractivity contribution in [1.82, 2.24) is 0 Å². The quantitative estimate of drug-likeness (QED) is 0.497. The molecule has 0 radical (unpaired) electrons. The molecule has 3 nitrogen and oxygen atoms in total. The van der Waals surface area contributed by atoms with Crippen molar-refractivity contribution in [3.63, 3.8) is 0 Å². The Kier molecular flexibility index (Phi) is 4.16. The van der Waals surface area contributed by atoms with Crippen LogP contribution in [-0.4, -0.2) is 37.0 Å². The maximum Gasteiger partial charge on any atom is 0.107 e. The highest BCUT2D eigenvalue weighted by Gasteiger charge is 2.26. The first-order valence-corrected chi connectivity index (χ1v) is 5.39. The van der Waals surface area contributed by atoms with Crippen molar-refractivity contribution in [1.29, 1.82) is 0 Å². The Hall–Kier alpha value is -0.120. The third-order valence-electron chi connectivity index (χ3n) is 2.76. The molecule has 0 amide bonds. The van der Waals surface area contributed by atoms with Crippen molar-refractivity contribution in [3.05, 3.63) is 5.21 Å². The van der Waals surface area contributed by atoms with Gasteiger partial charge in [0.1, 0.15) is 19.2 Å². The molecule has 1 aliphatic heterocycles. The number of ether oxygens (including phenoxy) is 1. The lowest BCUT2D eigenvalue weighted by atomic mass is 10.2. The van der Waals surface area contributed by atoms with Gasteiger partial charge in [-0.25, -0.2) is 0 Å². The van der Waals surface area contributed by atoms with E-state index in [1.165, 1.54) is 0 Å². The zero-order valence-electron chi connectivity index (χ0n) is 8.79. The molecule has 2 unspecified atom stereocenters. The SMILES string of the molecule is CCCC[N+]1([O-])CCOC(CC)C1. The van der Waals surface area contributed by atoms with Gasteiger partial charge in [0.2, 0.25) is 0 Å². The minimum atomic E-state index is -0.0215. The maximum absolute atomic E-state index is 12.1. The Morgan fingerprint density at radius 1 is 1.46 bits per heavy atom. The summed E-state index contributed by atoms with van der Waals surface area (Å²) in [6.07, 6.45) is 3.32. The van der Waals surface area contributed by atoms with Gasteiger partial charge < -0.3 is 14.6 Å². The fourth-order valence-electron chi connectivity index (χ4n) is 1.80. The highest BCUT2D eigenvalue weighted by atomic mass is 16.6. The van der Waals surface area contributed by atoms with Gasteiger partial charge in [-0.15, -0.1) is 0 Å². The van der Waals surface area contributed by atoms with Crippen molar-refractivity contribution in [2.75, 3.05) is 26.2 Å². The normalized spacial score (nSPS) is 34.8. The molecule has 0 aliphatic carbocycles. The molecule has 13 heavy (non-hydrogen) atoms. The lowest BCUT2D eigenvalue weighted by Gasteiger charge is -2.47. The van der Waals surface area contributed by atoms with Crippen molar-refractivity contribution in [3.8, 4) is 0 Å². The van der Waals surface area contributed by atoms with Crippen LogP contribution in [0.3, 0.4) is 0 Å². The number of unbranched alkanes of at least 4 members (excludes halogenated alkanes) is 1. The molecule has 1 aliphatic rings. The van der Waals surface area contributed by atoms with Crippen LogP contribution >= 0.6 is 0 Å². The van der Waals surface area contributed by atoms with E-state index in [0.29, 0.717) is 19.7 Å². The second kappa shape index (κ2) is 4.94.